The first-order valence-corrected chi connectivity index (χ1v) is 6.90. The summed E-state index contributed by atoms with van der Waals surface area (Å²) >= 11 is 0. The molecule has 6 heteroatoms. The Balaban J connectivity index is 2.11. The fourth-order valence-corrected chi connectivity index (χ4v) is 2.47. The van der Waals surface area contributed by atoms with E-state index >= 15 is 0 Å². The number of aromatic nitrogens is 2. The zero-order chi connectivity index (χ0) is 13.8. The van der Waals surface area contributed by atoms with Crippen molar-refractivity contribution in [3.05, 3.63) is 6.07 Å². The van der Waals surface area contributed by atoms with Gasteiger partial charge in [0.05, 0.1) is 0 Å². The molecule has 0 atom stereocenters. The van der Waals surface area contributed by atoms with E-state index in [-0.39, 0.29) is 0 Å². The molecule has 2 heterocycles. The molecular weight excluding hydrogens is 240 g/mol. The highest BCUT2D eigenvalue weighted by Crippen LogP contribution is 2.22. The van der Waals surface area contributed by atoms with Crippen LogP contribution in [0.4, 0.5) is 17.6 Å². The topological polar surface area (TPSA) is 70.3 Å². The standard InChI is InChI=1S/C13H24N6/c1-4-15-11-9-12(17-13(14)16-11)19(3)10-5-7-18(2)8-6-10/h9-10H,4-8H2,1-3H3,(H3,14,15,16,17). The molecular formula is C13H24N6. The molecule has 1 aromatic heterocycles. The highest BCUT2D eigenvalue weighted by molar-refractivity contribution is 5.52. The normalized spacial score (nSPS) is 17.4. The quantitative estimate of drug-likeness (QED) is 0.846. The first-order valence-electron chi connectivity index (χ1n) is 6.90. The van der Waals surface area contributed by atoms with Gasteiger partial charge in [0.25, 0.3) is 0 Å². The molecule has 0 amide bonds. The van der Waals surface area contributed by atoms with Crippen LogP contribution in [0.5, 0.6) is 0 Å². The molecule has 0 aliphatic carbocycles. The van der Waals surface area contributed by atoms with E-state index in [1.807, 2.05) is 13.0 Å². The molecule has 6 nitrogen and oxygen atoms in total. The molecule has 0 bridgehead atoms. The first-order chi connectivity index (χ1) is 9.10. The first kappa shape index (κ1) is 13.9. The van der Waals surface area contributed by atoms with E-state index < -0.39 is 0 Å². The predicted octanol–water partition coefficient (Wildman–Crippen LogP) is 1.02. The van der Waals surface area contributed by atoms with Crippen molar-refractivity contribution in [3.63, 3.8) is 0 Å². The zero-order valence-corrected chi connectivity index (χ0v) is 12.1. The second-order valence-corrected chi connectivity index (χ2v) is 5.15. The van der Waals surface area contributed by atoms with Gasteiger partial charge in [-0.05, 0) is 39.9 Å². The number of hydrogen-bond donors (Lipinski definition) is 2. The van der Waals surface area contributed by atoms with E-state index in [0.29, 0.717) is 12.0 Å². The summed E-state index contributed by atoms with van der Waals surface area (Å²) in [6.07, 6.45) is 2.32. The summed E-state index contributed by atoms with van der Waals surface area (Å²) in [5, 5.41) is 3.19. The summed E-state index contributed by atoms with van der Waals surface area (Å²) in [6.45, 7) is 5.14. The largest absolute Gasteiger partial charge is 0.370 e. The number of nitrogen functional groups attached to an aromatic ring is 1. The number of nitrogens with two attached hydrogens (primary N) is 1. The van der Waals surface area contributed by atoms with Gasteiger partial charge in [0.15, 0.2) is 0 Å². The molecule has 1 aromatic rings. The zero-order valence-electron chi connectivity index (χ0n) is 12.1. The van der Waals surface area contributed by atoms with Crippen LogP contribution in [0.25, 0.3) is 0 Å². The second-order valence-electron chi connectivity index (χ2n) is 5.15. The maximum atomic E-state index is 5.78. The molecule has 1 saturated heterocycles. The number of hydrogen-bond acceptors (Lipinski definition) is 6. The highest BCUT2D eigenvalue weighted by atomic mass is 15.2. The van der Waals surface area contributed by atoms with Gasteiger partial charge >= 0.3 is 0 Å². The van der Waals surface area contributed by atoms with Crippen LogP contribution < -0.4 is 16.0 Å². The van der Waals surface area contributed by atoms with Crippen LogP contribution in [0, 0.1) is 0 Å². The lowest BCUT2D eigenvalue weighted by atomic mass is 10.0. The Morgan fingerprint density at radius 3 is 2.74 bits per heavy atom. The minimum absolute atomic E-state index is 0.327. The van der Waals surface area contributed by atoms with Crippen molar-refractivity contribution in [1.82, 2.24) is 14.9 Å². The molecule has 0 unspecified atom stereocenters. The van der Waals surface area contributed by atoms with Crippen LogP contribution >= 0.6 is 0 Å². The lowest BCUT2D eigenvalue weighted by Crippen LogP contribution is -2.42. The average molecular weight is 264 g/mol. The summed E-state index contributed by atoms with van der Waals surface area (Å²) < 4.78 is 0. The summed E-state index contributed by atoms with van der Waals surface area (Å²) in [7, 11) is 4.26. The second kappa shape index (κ2) is 6.06. The fourth-order valence-electron chi connectivity index (χ4n) is 2.47. The van der Waals surface area contributed by atoms with Gasteiger partial charge in [-0.1, -0.05) is 0 Å². The lowest BCUT2D eigenvalue weighted by Gasteiger charge is -2.35. The van der Waals surface area contributed by atoms with Crippen LogP contribution in [0.1, 0.15) is 19.8 Å². The van der Waals surface area contributed by atoms with Gasteiger partial charge in [0.2, 0.25) is 5.95 Å². The van der Waals surface area contributed by atoms with Gasteiger partial charge in [0, 0.05) is 25.7 Å². The Labute approximate surface area is 115 Å². The summed E-state index contributed by atoms with van der Waals surface area (Å²) in [5.74, 6) is 2.02. The van der Waals surface area contributed by atoms with E-state index in [0.717, 1.165) is 44.1 Å². The third-order valence-electron chi connectivity index (χ3n) is 3.68. The number of anilines is 3. The van der Waals surface area contributed by atoms with Gasteiger partial charge in [0.1, 0.15) is 11.6 Å². The third kappa shape index (κ3) is 3.47. The van der Waals surface area contributed by atoms with Crippen LogP contribution in [0.15, 0.2) is 6.07 Å². The molecule has 2 rings (SSSR count). The fraction of sp³-hybridized carbons (Fsp3) is 0.692. The van der Waals surface area contributed by atoms with Crippen molar-refractivity contribution < 1.29 is 0 Å². The van der Waals surface area contributed by atoms with Crippen LogP contribution in [-0.2, 0) is 0 Å². The minimum Gasteiger partial charge on any atom is -0.370 e. The predicted molar refractivity (Wildman–Crippen MR) is 79.5 cm³/mol. The van der Waals surface area contributed by atoms with Gasteiger partial charge in [-0.15, -0.1) is 0 Å². The summed E-state index contributed by atoms with van der Waals surface area (Å²) in [5.41, 5.74) is 5.78. The Morgan fingerprint density at radius 2 is 2.11 bits per heavy atom. The Hall–Kier alpha value is -1.56. The van der Waals surface area contributed by atoms with Crippen molar-refractivity contribution in [2.75, 3.05) is 49.7 Å². The molecule has 0 aromatic carbocycles. The van der Waals surface area contributed by atoms with E-state index in [4.69, 9.17) is 5.73 Å². The molecule has 0 spiro atoms. The molecule has 1 aliphatic rings. The molecule has 1 fully saturated rings. The van der Waals surface area contributed by atoms with Gasteiger partial charge in [-0.2, -0.15) is 9.97 Å². The van der Waals surface area contributed by atoms with Crippen LogP contribution in [-0.4, -0.2) is 54.6 Å². The van der Waals surface area contributed by atoms with Gasteiger partial charge in [-0.25, -0.2) is 0 Å². The Morgan fingerprint density at radius 1 is 1.42 bits per heavy atom. The van der Waals surface area contributed by atoms with Crippen molar-refractivity contribution in [1.29, 1.82) is 0 Å². The SMILES string of the molecule is CCNc1cc(N(C)C2CCN(C)CC2)nc(N)n1. The monoisotopic (exact) mass is 264 g/mol. The lowest BCUT2D eigenvalue weighted by molar-refractivity contribution is 0.252. The minimum atomic E-state index is 0.327. The van der Waals surface area contributed by atoms with Crippen LogP contribution in [0.2, 0.25) is 0 Å². The summed E-state index contributed by atoms with van der Waals surface area (Å²) in [6, 6.07) is 2.50. The Kier molecular flexibility index (Phi) is 4.42. The number of nitrogens with one attached hydrogen (secondary N) is 1. The Bertz CT molecular complexity index is 414. The van der Waals surface area contributed by atoms with E-state index in [2.05, 4.69) is 39.2 Å². The average Bonchev–Trinajstić information content (AvgIpc) is 2.38. The van der Waals surface area contributed by atoms with Crippen molar-refractivity contribution >= 4 is 17.6 Å². The maximum absolute atomic E-state index is 5.78. The number of rotatable bonds is 4. The van der Waals surface area contributed by atoms with Crippen molar-refractivity contribution in [2.24, 2.45) is 0 Å². The third-order valence-corrected chi connectivity index (χ3v) is 3.68. The van der Waals surface area contributed by atoms with E-state index in [1.165, 1.54) is 0 Å². The van der Waals surface area contributed by atoms with E-state index in [1.54, 1.807) is 0 Å². The molecule has 19 heavy (non-hydrogen) atoms. The summed E-state index contributed by atoms with van der Waals surface area (Å²) in [4.78, 5) is 13.1. The maximum Gasteiger partial charge on any atom is 0.223 e. The number of nitrogens with zero attached hydrogens (tertiary/aromatic N) is 4. The molecule has 0 saturated carbocycles. The number of piperidine rings is 1. The number of likely N-dealkylation sites (tertiary alicyclic amines) is 1. The van der Waals surface area contributed by atoms with Gasteiger partial charge in [-0.3, -0.25) is 0 Å². The highest BCUT2D eigenvalue weighted by Gasteiger charge is 2.22. The van der Waals surface area contributed by atoms with Crippen LogP contribution in [0.3, 0.4) is 0 Å². The smallest absolute Gasteiger partial charge is 0.223 e. The molecule has 3 N–H and O–H groups in total. The molecule has 1 aliphatic heterocycles. The van der Waals surface area contributed by atoms with Crippen molar-refractivity contribution in [3.8, 4) is 0 Å². The molecule has 106 valence electrons. The van der Waals surface area contributed by atoms with Gasteiger partial charge < -0.3 is 20.9 Å². The van der Waals surface area contributed by atoms with Crippen molar-refractivity contribution in [2.45, 2.75) is 25.8 Å². The van der Waals surface area contributed by atoms with E-state index in [9.17, 15) is 0 Å². The molecule has 0 radical (unpaired) electrons.